The highest BCUT2D eigenvalue weighted by Gasteiger charge is 2.31. The van der Waals surface area contributed by atoms with E-state index in [1.807, 2.05) is 0 Å². The van der Waals surface area contributed by atoms with E-state index in [1.54, 1.807) is 5.56 Å². The van der Waals surface area contributed by atoms with Crippen LogP contribution in [0.15, 0.2) is 24.3 Å². The highest BCUT2D eigenvalue weighted by atomic mass is 14.9. The Bertz CT molecular complexity index is 419. The standard InChI is InChI=1S/C18H27N/c1-13-4-3-5-16(9-13)17-10-18(11-17)19-12-15-7-6-14(2)8-15/h3-5,9,14-15,17-19H,6-8,10-12H2,1-2H3. The van der Waals surface area contributed by atoms with Gasteiger partial charge in [-0.15, -0.1) is 0 Å². The van der Waals surface area contributed by atoms with Crippen LogP contribution in [-0.2, 0) is 0 Å². The summed E-state index contributed by atoms with van der Waals surface area (Å²) in [6.07, 6.45) is 7.02. The third kappa shape index (κ3) is 3.20. The molecule has 2 unspecified atom stereocenters. The third-order valence-electron chi connectivity index (χ3n) is 5.15. The molecule has 3 rings (SSSR count). The van der Waals surface area contributed by atoms with Gasteiger partial charge in [-0.2, -0.15) is 0 Å². The molecular formula is C18H27N. The van der Waals surface area contributed by atoms with Gasteiger partial charge in [0.1, 0.15) is 0 Å². The molecule has 1 heteroatoms. The van der Waals surface area contributed by atoms with Crippen molar-refractivity contribution in [1.82, 2.24) is 5.32 Å². The molecule has 0 saturated heterocycles. The van der Waals surface area contributed by atoms with E-state index in [0.29, 0.717) is 0 Å². The van der Waals surface area contributed by atoms with Gasteiger partial charge >= 0.3 is 0 Å². The van der Waals surface area contributed by atoms with Crippen LogP contribution in [0.25, 0.3) is 0 Å². The number of nitrogens with one attached hydrogen (secondary N) is 1. The van der Waals surface area contributed by atoms with Crippen molar-refractivity contribution in [2.24, 2.45) is 11.8 Å². The summed E-state index contributed by atoms with van der Waals surface area (Å²) in [4.78, 5) is 0. The van der Waals surface area contributed by atoms with Crippen molar-refractivity contribution >= 4 is 0 Å². The van der Waals surface area contributed by atoms with Crippen LogP contribution in [0, 0.1) is 18.8 Å². The first-order chi connectivity index (χ1) is 9.20. The van der Waals surface area contributed by atoms with Crippen molar-refractivity contribution in [3.05, 3.63) is 35.4 Å². The fraction of sp³-hybridized carbons (Fsp3) is 0.667. The molecule has 19 heavy (non-hydrogen) atoms. The maximum absolute atomic E-state index is 3.80. The topological polar surface area (TPSA) is 12.0 Å². The van der Waals surface area contributed by atoms with Crippen LogP contribution in [0.4, 0.5) is 0 Å². The van der Waals surface area contributed by atoms with E-state index in [4.69, 9.17) is 0 Å². The Morgan fingerprint density at radius 3 is 2.68 bits per heavy atom. The molecule has 2 aliphatic rings. The predicted octanol–water partition coefficient (Wildman–Crippen LogP) is 4.27. The van der Waals surface area contributed by atoms with E-state index in [1.165, 1.54) is 44.2 Å². The van der Waals surface area contributed by atoms with Crippen LogP contribution in [0.5, 0.6) is 0 Å². The largest absolute Gasteiger partial charge is 0.314 e. The van der Waals surface area contributed by atoms with Crippen LogP contribution in [-0.4, -0.2) is 12.6 Å². The zero-order valence-electron chi connectivity index (χ0n) is 12.4. The summed E-state index contributed by atoms with van der Waals surface area (Å²) >= 11 is 0. The summed E-state index contributed by atoms with van der Waals surface area (Å²) in [7, 11) is 0. The fourth-order valence-electron chi connectivity index (χ4n) is 3.82. The molecular weight excluding hydrogens is 230 g/mol. The van der Waals surface area contributed by atoms with E-state index >= 15 is 0 Å². The van der Waals surface area contributed by atoms with Gasteiger partial charge < -0.3 is 5.32 Å². The molecule has 0 amide bonds. The molecule has 2 saturated carbocycles. The number of hydrogen-bond donors (Lipinski definition) is 1. The normalized spacial score (nSPS) is 34.2. The zero-order valence-corrected chi connectivity index (χ0v) is 12.4. The van der Waals surface area contributed by atoms with Gasteiger partial charge in [-0.3, -0.25) is 0 Å². The van der Waals surface area contributed by atoms with Crippen LogP contribution in [0.3, 0.4) is 0 Å². The lowest BCUT2D eigenvalue weighted by atomic mass is 9.75. The van der Waals surface area contributed by atoms with E-state index in [-0.39, 0.29) is 0 Å². The SMILES string of the molecule is Cc1cccc(C2CC(NCC3CCC(C)C3)C2)c1. The average Bonchev–Trinajstić information content (AvgIpc) is 2.73. The van der Waals surface area contributed by atoms with Crippen LogP contribution >= 0.6 is 0 Å². The molecule has 0 bridgehead atoms. The lowest BCUT2D eigenvalue weighted by Crippen LogP contribution is -2.42. The Labute approximate surface area is 117 Å². The molecule has 0 heterocycles. The van der Waals surface area contributed by atoms with Gasteiger partial charge in [0.05, 0.1) is 0 Å². The molecule has 0 radical (unpaired) electrons. The summed E-state index contributed by atoms with van der Waals surface area (Å²) in [6.45, 7) is 5.85. The van der Waals surface area contributed by atoms with Crippen molar-refractivity contribution in [2.45, 2.75) is 57.9 Å². The molecule has 1 aromatic carbocycles. The van der Waals surface area contributed by atoms with Gasteiger partial charge in [0.25, 0.3) is 0 Å². The average molecular weight is 257 g/mol. The maximum atomic E-state index is 3.80. The van der Waals surface area contributed by atoms with Gasteiger partial charge in [-0.05, 0) is 62.5 Å². The zero-order chi connectivity index (χ0) is 13.2. The van der Waals surface area contributed by atoms with Crippen molar-refractivity contribution in [3.63, 3.8) is 0 Å². The molecule has 104 valence electrons. The first-order valence-corrected chi connectivity index (χ1v) is 8.00. The molecule has 1 N–H and O–H groups in total. The van der Waals surface area contributed by atoms with E-state index in [9.17, 15) is 0 Å². The Hall–Kier alpha value is -0.820. The summed E-state index contributed by atoms with van der Waals surface area (Å²) in [5.41, 5.74) is 2.95. The monoisotopic (exact) mass is 257 g/mol. The van der Waals surface area contributed by atoms with Crippen molar-refractivity contribution < 1.29 is 0 Å². The highest BCUT2D eigenvalue weighted by Crippen LogP contribution is 2.37. The highest BCUT2D eigenvalue weighted by molar-refractivity contribution is 5.27. The van der Waals surface area contributed by atoms with E-state index in [0.717, 1.165) is 23.8 Å². The number of rotatable bonds is 4. The van der Waals surface area contributed by atoms with E-state index in [2.05, 4.69) is 43.4 Å². The number of hydrogen-bond acceptors (Lipinski definition) is 1. The molecule has 2 aliphatic carbocycles. The van der Waals surface area contributed by atoms with Crippen LogP contribution in [0.2, 0.25) is 0 Å². The summed E-state index contributed by atoms with van der Waals surface area (Å²) in [5, 5.41) is 3.80. The lowest BCUT2D eigenvalue weighted by molar-refractivity contribution is 0.275. The minimum absolute atomic E-state index is 0.779. The Balaban J connectivity index is 1.41. The Kier molecular flexibility index (Phi) is 3.93. The molecule has 1 nitrogen and oxygen atoms in total. The molecule has 0 aliphatic heterocycles. The van der Waals surface area contributed by atoms with Crippen molar-refractivity contribution in [3.8, 4) is 0 Å². The Morgan fingerprint density at radius 1 is 1.16 bits per heavy atom. The Morgan fingerprint density at radius 2 is 2.00 bits per heavy atom. The predicted molar refractivity (Wildman–Crippen MR) is 81.4 cm³/mol. The molecule has 2 fully saturated rings. The molecule has 2 atom stereocenters. The van der Waals surface area contributed by atoms with Crippen LogP contribution < -0.4 is 5.32 Å². The lowest BCUT2D eigenvalue weighted by Gasteiger charge is -2.37. The summed E-state index contributed by atoms with van der Waals surface area (Å²) < 4.78 is 0. The van der Waals surface area contributed by atoms with Gasteiger partial charge in [0, 0.05) is 6.04 Å². The third-order valence-corrected chi connectivity index (χ3v) is 5.15. The first kappa shape index (κ1) is 13.2. The minimum Gasteiger partial charge on any atom is -0.314 e. The van der Waals surface area contributed by atoms with Gasteiger partial charge in [0.2, 0.25) is 0 Å². The molecule has 1 aromatic rings. The number of aryl methyl sites for hydroxylation is 1. The summed E-state index contributed by atoms with van der Waals surface area (Å²) in [6, 6.07) is 9.83. The summed E-state index contributed by atoms with van der Waals surface area (Å²) in [5.74, 6) is 2.72. The van der Waals surface area contributed by atoms with Crippen LogP contribution in [0.1, 0.15) is 56.1 Å². The second-order valence-corrected chi connectivity index (χ2v) is 6.97. The first-order valence-electron chi connectivity index (χ1n) is 8.00. The minimum atomic E-state index is 0.779. The van der Waals surface area contributed by atoms with Gasteiger partial charge in [-0.25, -0.2) is 0 Å². The van der Waals surface area contributed by atoms with E-state index < -0.39 is 0 Å². The second-order valence-electron chi connectivity index (χ2n) is 6.97. The quantitative estimate of drug-likeness (QED) is 0.849. The van der Waals surface area contributed by atoms with Gasteiger partial charge in [0.15, 0.2) is 0 Å². The molecule has 0 aromatic heterocycles. The van der Waals surface area contributed by atoms with Crippen molar-refractivity contribution in [1.29, 1.82) is 0 Å². The van der Waals surface area contributed by atoms with Crippen molar-refractivity contribution in [2.75, 3.05) is 6.54 Å². The second kappa shape index (κ2) is 5.66. The van der Waals surface area contributed by atoms with Gasteiger partial charge in [-0.1, -0.05) is 43.2 Å². The maximum Gasteiger partial charge on any atom is 0.00788 e. The number of benzene rings is 1. The fourth-order valence-corrected chi connectivity index (χ4v) is 3.82. The molecule has 0 spiro atoms. The smallest absolute Gasteiger partial charge is 0.00788 e.